The molecular weight excluding hydrogens is 631 g/mol. The predicted molar refractivity (Wildman–Crippen MR) is 212 cm³/mol. The second-order valence-corrected chi connectivity index (χ2v) is 13.9. The van der Waals surface area contributed by atoms with E-state index < -0.39 is 0 Å². The molecule has 234 valence electrons. The molecule has 0 saturated heterocycles. The molecule has 8 aromatic carbocycles. The third kappa shape index (κ3) is 4.03. The maximum absolute atomic E-state index is 6.89. The van der Waals surface area contributed by atoms with E-state index in [9.17, 15) is 0 Å². The van der Waals surface area contributed by atoms with E-state index in [1.54, 1.807) is 0 Å². The fourth-order valence-electron chi connectivity index (χ4n) is 7.75. The van der Waals surface area contributed by atoms with Crippen LogP contribution >= 0.6 is 11.3 Å². The SMILES string of the molecule is c1ccc(N(c2ccc(-c3ccc4c(c3)oc3ccccc34)cc2)c2cccc3sc4ccc5c6ccc7ccccc7c6oc5c4c23)cc1. The highest BCUT2D eigenvalue weighted by Crippen LogP contribution is 2.49. The summed E-state index contributed by atoms with van der Waals surface area (Å²) in [6, 6.07) is 58.2. The molecule has 0 aliphatic rings. The van der Waals surface area contributed by atoms with Gasteiger partial charge in [0.05, 0.1) is 5.69 Å². The van der Waals surface area contributed by atoms with E-state index in [0.29, 0.717) is 0 Å². The Hall–Kier alpha value is -6.36. The van der Waals surface area contributed by atoms with Crippen LogP contribution in [0.1, 0.15) is 0 Å². The van der Waals surface area contributed by atoms with Gasteiger partial charge in [0.1, 0.15) is 22.3 Å². The zero-order chi connectivity index (χ0) is 32.8. The maximum Gasteiger partial charge on any atom is 0.144 e. The summed E-state index contributed by atoms with van der Waals surface area (Å²) in [7, 11) is 0. The molecule has 0 spiro atoms. The Morgan fingerprint density at radius 2 is 1.08 bits per heavy atom. The number of fused-ring (bicyclic) bond motifs is 12. The summed E-state index contributed by atoms with van der Waals surface area (Å²) in [5.41, 5.74) is 9.26. The number of rotatable bonds is 4. The summed E-state index contributed by atoms with van der Waals surface area (Å²) in [5, 5.41) is 9.26. The van der Waals surface area contributed by atoms with Gasteiger partial charge >= 0.3 is 0 Å². The molecule has 0 bridgehead atoms. The number of para-hydroxylation sites is 2. The van der Waals surface area contributed by atoms with Crippen molar-refractivity contribution in [3.8, 4) is 11.1 Å². The fraction of sp³-hybridized carbons (Fsp3) is 0. The van der Waals surface area contributed by atoms with E-state index >= 15 is 0 Å². The largest absolute Gasteiger partial charge is 0.456 e. The van der Waals surface area contributed by atoms with Gasteiger partial charge in [-0.1, -0.05) is 91.0 Å². The van der Waals surface area contributed by atoms with Crippen molar-refractivity contribution in [1.82, 2.24) is 0 Å². The molecule has 0 radical (unpaired) electrons. The molecule has 0 unspecified atom stereocenters. The van der Waals surface area contributed by atoms with Crippen LogP contribution in [0.4, 0.5) is 17.1 Å². The molecule has 3 aromatic heterocycles. The molecule has 3 nitrogen and oxygen atoms in total. The molecule has 3 heterocycles. The van der Waals surface area contributed by atoms with E-state index in [1.807, 2.05) is 23.5 Å². The summed E-state index contributed by atoms with van der Waals surface area (Å²) in [6.07, 6.45) is 0. The van der Waals surface area contributed by atoms with Gasteiger partial charge in [-0.2, -0.15) is 0 Å². The van der Waals surface area contributed by atoms with Crippen LogP contribution in [0.3, 0.4) is 0 Å². The Kier molecular flexibility index (Phi) is 5.83. The third-order valence-corrected chi connectivity index (χ3v) is 11.2. The Morgan fingerprint density at radius 3 is 1.98 bits per heavy atom. The number of benzene rings is 8. The van der Waals surface area contributed by atoms with Crippen LogP contribution in [0, 0.1) is 0 Å². The number of furan rings is 2. The van der Waals surface area contributed by atoms with Crippen molar-refractivity contribution in [2.24, 2.45) is 0 Å². The maximum atomic E-state index is 6.89. The van der Waals surface area contributed by atoms with E-state index in [4.69, 9.17) is 8.83 Å². The lowest BCUT2D eigenvalue weighted by molar-refractivity contribution is 0.669. The van der Waals surface area contributed by atoms with Crippen molar-refractivity contribution in [1.29, 1.82) is 0 Å². The summed E-state index contributed by atoms with van der Waals surface area (Å²) in [6.45, 7) is 0. The first-order chi connectivity index (χ1) is 24.8. The molecule has 0 amide bonds. The number of thiophene rings is 1. The second-order valence-electron chi connectivity index (χ2n) is 12.9. The predicted octanol–water partition coefficient (Wildman–Crippen LogP) is 14.1. The molecule has 11 aromatic rings. The van der Waals surface area contributed by atoms with E-state index in [0.717, 1.165) is 82.8 Å². The van der Waals surface area contributed by atoms with E-state index in [-0.39, 0.29) is 0 Å². The third-order valence-electron chi connectivity index (χ3n) is 10.1. The zero-order valence-electron chi connectivity index (χ0n) is 26.8. The van der Waals surface area contributed by atoms with Gasteiger partial charge in [-0.15, -0.1) is 11.3 Å². The molecule has 0 fully saturated rings. The van der Waals surface area contributed by atoms with Crippen LogP contribution in [0.25, 0.3) is 85.9 Å². The normalized spacial score (nSPS) is 12.0. The first-order valence-corrected chi connectivity index (χ1v) is 17.7. The van der Waals surface area contributed by atoms with Gasteiger partial charge in [0.2, 0.25) is 0 Å². The van der Waals surface area contributed by atoms with Gasteiger partial charge in [-0.05, 0) is 89.3 Å². The molecule has 50 heavy (non-hydrogen) atoms. The Bertz CT molecular complexity index is 3090. The Labute approximate surface area is 290 Å². The fourth-order valence-corrected chi connectivity index (χ4v) is 8.87. The van der Waals surface area contributed by atoms with Crippen molar-refractivity contribution >= 4 is 103 Å². The van der Waals surface area contributed by atoms with Crippen LogP contribution in [-0.2, 0) is 0 Å². The lowest BCUT2D eigenvalue weighted by Crippen LogP contribution is -2.10. The summed E-state index contributed by atoms with van der Waals surface area (Å²) in [5.74, 6) is 0. The van der Waals surface area contributed by atoms with Gasteiger partial charge in [-0.3, -0.25) is 0 Å². The summed E-state index contributed by atoms with van der Waals surface area (Å²) < 4.78 is 15.5. The highest BCUT2D eigenvalue weighted by molar-refractivity contribution is 7.26. The minimum atomic E-state index is 0.902. The summed E-state index contributed by atoms with van der Waals surface area (Å²) >= 11 is 1.82. The highest BCUT2D eigenvalue weighted by atomic mass is 32.1. The van der Waals surface area contributed by atoms with Gasteiger partial charge in [0.15, 0.2) is 0 Å². The first kappa shape index (κ1) is 27.6. The second kappa shape index (κ2) is 10.6. The molecule has 0 saturated carbocycles. The molecule has 11 rings (SSSR count). The molecule has 0 aliphatic heterocycles. The van der Waals surface area contributed by atoms with E-state index in [1.165, 1.54) is 20.2 Å². The Balaban J connectivity index is 1.11. The summed E-state index contributed by atoms with van der Waals surface area (Å²) in [4.78, 5) is 2.37. The molecule has 0 aliphatic carbocycles. The standard InChI is InChI=1S/C46H27NO2S/c1-2-10-31(11-3-1)47(32-21-17-28(18-22-32)30-20-23-35-34-13-6-7-15-39(34)48-40(35)27-30)38-14-8-16-41-43(38)44-42(50-41)26-25-37-36-24-19-29-9-4-5-12-33(29)45(36)49-46(37)44/h1-27H. The van der Waals surface area contributed by atoms with Crippen molar-refractivity contribution in [3.05, 3.63) is 164 Å². The minimum absolute atomic E-state index is 0.902. The van der Waals surface area contributed by atoms with Gasteiger partial charge in [0.25, 0.3) is 0 Å². The average Bonchev–Trinajstić information content (AvgIpc) is 3.87. The lowest BCUT2D eigenvalue weighted by atomic mass is 10.0. The van der Waals surface area contributed by atoms with Gasteiger partial charge in [-0.25, -0.2) is 0 Å². The number of hydrogen-bond donors (Lipinski definition) is 0. The zero-order valence-corrected chi connectivity index (χ0v) is 27.6. The minimum Gasteiger partial charge on any atom is -0.456 e. The molecule has 0 atom stereocenters. The van der Waals surface area contributed by atoms with Crippen LogP contribution in [0.2, 0.25) is 0 Å². The molecule has 4 heteroatoms. The van der Waals surface area contributed by atoms with E-state index in [2.05, 4.69) is 157 Å². The van der Waals surface area contributed by atoms with Gasteiger partial charge < -0.3 is 13.7 Å². The van der Waals surface area contributed by atoms with Crippen LogP contribution in [0.15, 0.2) is 173 Å². The highest BCUT2D eigenvalue weighted by Gasteiger charge is 2.22. The molecule has 0 N–H and O–H groups in total. The van der Waals surface area contributed by atoms with Crippen molar-refractivity contribution in [2.75, 3.05) is 4.90 Å². The van der Waals surface area contributed by atoms with Crippen molar-refractivity contribution in [2.45, 2.75) is 0 Å². The smallest absolute Gasteiger partial charge is 0.144 e. The number of hydrogen-bond acceptors (Lipinski definition) is 4. The first-order valence-electron chi connectivity index (χ1n) is 16.8. The number of nitrogens with zero attached hydrogens (tertiary/aromatic N) is 1. The Morgan fingerprint density at radius 1 is 0.400 bits per heavy atom. The molecular formula is C46H27NO2S. The van der Waals surface area contributed by atoms with Crippen LogP contribution in [-0.4, -0.2) is 0 Å². The monoisotopic (exact) mass is 657 g/mol. The number of anilines is 3. The lowest BCUT2D eigenvalue weighted by Gasteiger charge is -2.26. The van der Waals surface area contributed by atoms with Crippen LogP contribution in [0.5, 0.6) is 0 Å². The topological polar surface area (TPSA) is 29.5 Å². The average molecular weight is 658 g/mol. The van der Waals surface area contributed by atoms with Crippen molar-refractivity contribution in [3.63, 3.8) is 0 Å². The van der Waals surface area contributed by atoms with Crippen LogP contribution < -0.4 is 4.90 Å². The van der Waals surface area contributed by atoms with Crippen molar-refractivity contribution < 1.29 is 8.83 Å². The quantitative estimate of drug-likeness (QED) is 0.189. The van der Waals surface area contributed by atoms with Gasteiger partial charge in [0, 0.05) is 58.5 Å².